The number of benzene rings is 2. The fourth-order valence-electron chi connectivity index (χ4n) is 4.58. The highest BCUT2D eigenvalue weighted by Crippen LogP contribution is 2.39. The van der Waals surface area contributed by atoms with Crippen LogP contribution in [-0.4, -0.2) is 47.6 Å². The smallest absolute Gasteiger partial charge is 0.255 e. The maximum atomic E-state index is 13.5. The standard InChI is InChI=1S/C29H35N3O5S/c1-6-20-11-13-23(14-12-20)38(35,36)31-25-24-16-22(17-30-27(24)37-29(4,5)26(25)33)28(34)32(7-2)18-21-10-8-9-19(3)15-21/h8-17,25-26,31,33H,6-7,18H2,1-5H3/t25-,26+/m1/s1. The van der Waals surface area contributed by atoms with Gasteiger partial charge in [-0.1, -0.05) is 48.9 Å². The van der Waals surface area contributed by atoms with Crippen molar-refractivity contribution in [3.63, 3.8) is 0 Å². The molecule has 0 fully saturated rings. The van der Waals surface area contributed by atoms with Gasteiger partial charge in [-0.2, -0.15) is 0 Å². The largest absolute Gasteiger partial charge is 0.469 e. The Labute approximate surface area is 224 Å². The molecule has 0 bridgehead atoms. The summed E-state index contributed by atoms with van der Waals surface area (Å²) >= 11 is 0. The molecule has 0 spiro atoms. The number of pyridine rings is 1. The third-order valence-corrected chi connectivity index (χ3v) is 8.35. The summed E-state index contributed by atoms with van der Waals surface area (Å²) in [6.07, 6.45) is 0.985. The van der Waals surface area contributed by atoms with Crippen molar-refractivity contribution in [3.8, 4) is 5.88 Å². The van der Waals surface area contributed by atoms with Crippen molar-refractivity contribution < 1.29 is 23.1 Å². The van der Waals surface area contributed by atoms with E-state index in [0.29, 0.717) is 18.7 Å². The molecule has 0 saturated carbocycles. The maximum absolute atomic E-state index is 13.5. The molecule has 8 nitrogen and oxygen atoms in total. The first-order valence-corrected chi connectivity index (χ1v) is 14.3. The van der Waals surface area contributed by atoms with Gasteiger partial charge in [-0.3, -0.25) is 4.79 Å². The van der Waals surface area contributed by atoms with Gasteiger partial charge in [-0.25, -0.2) is 18.1 Å². The van der Waals surface area contributed by atoms with E-state index in [1.165, 1.54) is 6.20 Å². The summed E-state index contributed by atoms with van der Waals surface area (Å²) in [4.78, 5) is 19.6. The zero-order chi connectivity index (χ0) is 27.7. The van der Waals surface area contributed by atoms with Gasteiger partial charge >= 0.3 is 0 Å². The minimum atomic E-state index is -4.00. The number of aryl methyl sites for hydroxylation is 2. The number of hydrogen-bond donors (Lipinski definition) is 2. The van der Waals surface area contributed by atoms with Crippen molar-refractivity contribution in [1.29, 1.82) is 0 Å². The number of rotatable bonds is 8. The molecule has 1 aliphatic heterocycles. The van der Waals surface area contributed by atoms with Crippen LogP contribution in [0.15, 0.2) is 65.7 Å². The topological polar surface area (TPSA) is 109 Å². The summed E-state index contributed by atoms with van der Waals surface area (Å²) < 4.78 is 35.2. The Morgan fingerprint density at radius 3 is 2.45 bits per heavy atom. The van der Waals surface area contributed by atoms with E-state index in [1.807, 2.05) is 45.0 Å². The third-order valence-electron chi connectivity index (χ3n) is 6.90. The van der Waals surface area contributed by atoms with E-state index in [0.717, 1.165) is 23.1 Å². The normalized spacial score (nSPS) is 18.4. The molecule has 0 saturated heterocycles. The Morgan fingerprint density at radius 2 is 1.82 bits per heavy atom. The Morgan fingerprint density at radius 1 is 1.11 bits per heavy atom. The zero-order valence-electron chi connectivity index (χ0n) is 22.4. The number of nitrogens with zero attached hydrogens (tertiary/aromatic N) is 2. The zero-order valence-corrected chi connectivity index (χ0v) is 23.2. The van der Waals surface area contributed by atoms with Crippen LogP contribution in [0.1, 0.15) is 66.3 Å². The number of hydrogen-bond acceptors (Lipinski definition) is 6. The summed E-state index contributed by atoms with van der Waals surface area (Å²) in [5.41, 5.74) is 2.60. The van der Waals surface area contributed by atoms with Crippen molar-refractivity contribution >= 4 is 15.9 Å². The monoisotopic (exact) mass is 537 g/mol. The molecule has 2 heterocycles. The highest BCUT2D eigenvalue weighted by molar-refractivity contribution is 7.89. The maximum Gasteiger partial charge on any atom is 0.255 e. The third kappa shape index (κ3) is 5.75. The first-order valence-electron chi connectivity index (χ1n) is 12.8. The minimum Gasteiger partial charge on any atom is -0.469 e. The number of carbonyl (C=O) groups is 1. The minimum absolute atomic E-state index is 0.0863. The van der Waals surface area contributed by atoms with Crippen LogP contribution < -0.4 is 9.46 Å². The van der Waals surface area contributed by atoms with Crippen LogP contribution in [0.25, 0.3) is 0 Å². The summed E-state index contributed by atoms with van der Waals surface area (Å²) in [6.45, 7) is 10.1. The van der Waals surface area contributed by atoms with E-state index < -0.39 is 27.8 Å². The van der Waals surface area contributed by atoms with Crippen LogP contribution in [0.5, 0.6) is 5.88 Å². The molecule has 3 aromatic rings. The second-order valence-corrected chi connectivity index (χ2v) is 11.9. The molecule has 202 valence electrons. The molecule has 0 unspecified atom stereocenters. The van der Waals surface area contributed by atoms with E-state index in [-0.39, 0.29) is 22.2 Å². The average molecular weight is 538 g/mol. The first kappa shape index (κ1) is 27.8. The Kier molecular flexibility index (Phi) is 7.92. The van der Waals surface area contributed by atoms with Crippen molar-refractivity contribution in [2.45, 2.75) is 70.2 Å². The molecule has 1 aliphatic rings. The number of ether oxygens (including phenoxy) is 1. The van der Waals surface area contributed by atoms with Crippen LogP contribution in [0.2, 0.25) is 0 Å². The second-order valence-electron chi connectivity index (χ2n) is 10.2. The molecule has 9 heteroatoms. The number of aliphatic hydroxyl groups is 1. The lowest BCUT2D eigenvalue weighted by Gasteiger charge is -2.41. The molecule has 0 aliphatic carbocycles. The lowest BCUT2D eigenvalue weighted by Crippen LogP contribution is -2.53. The Bertz CT molecular complexity index is 1420. The highest BCUT2D eigenvalue weighted by atomic mass is 32.2. The van der Waals surface area contributed by atoms with E-state index in [1.54, 1.807) is 49.1 Å². The predicted octanol–water partition coefficient (Wildman–Crippen LogP) is 4.17. The summed E-state index contributed by atoms with van der Waals surface area (Å²) in [5, 5.41) is 11.2. The summed E-state index contributed by atoms with van der Waals surface area (Å²) in [6, 6.07) is 15.1. The lowest BCUT2D eigenvalue weighted by molar-refractivity contribution is -0.0632. The first-order chi connectivity index (χ1) is 17.9. The fraction of sp³-hybridized carbons (Fsp3) is 0.379. The molecule has 4 rings (SSSR count). The van der Waals surface area contributed by atoms with E-state index in [4.69, 9.17) is 4.74 Å². The van der Waals surface area contributed by atoms with Crippen LogP contribution in [0.4, 0.5) is 0 Å². The number of amides is 1. The Hall–Kier alpha value is -3.27. The second kappa shape index (κ2) is 10.8. The number of fused-ring (bicyclic) bond motifs is 1. The molecule has 1 amide bonds. The quantitative estimate of drug-likeness (QED) is 0.447. The van der Waals surface area contributed by atoms with Gasteiger partial charge in [-0.15, -0.1) is 0 Å². The molecule has 38 heavy (non-hydrogen) atoms. The molecule has 0 radical (unpaired) electrons. The van der Waals surface area contributed by atoms with Crippen molar-refractivity contribution in [2.75, 3.05) is 6.54 Å². The van der Waals surface area contributed by atoms with E-state index >= 15 is 0 Å². The molecule has 2 atom stereocenters. The molecule has 2 N–H and O–H groups in total. The molecular formula is C29H35N3O5S. The number of aromatic nitrogens is 1. The van der Waals surface area contributed by atoms with Crippen molar-refractivity contribution in [1.82, 2.24) is 14.6 Å². The number of nitrogens with one attached hydrogen (secondary N) is 1. The predicted molar refractivity (Wildman–Crippen MR) is 145 cm³/mol. The number of sulfonamides is 1. The average Bonchev–Trinajstić information content (AvgIpc) is 2.89. The fourth-order valence-corrected chi connectivity index (χ4v) is 5.80. The number of carbonyl (C=O) groups excluding carboxylic acids is 1. The van der Waals surface area contributed by atoms with Gasteiger partial charge in [-0.05, 0) is 63.4 Å². The highest BCUT2D eigenvalue weighted by Gasteiger charge is 2.45. The van der Waals surface area contributed by atoms with Crippen molar-refractivity contribution in [3.05, 3.63) is 88.6 Å². The SMILES string of the molecule is CCc1ccc(S(=O)(=O)N[C@@H]2c3cc(C(=O)N(CC)Cc4cccc(C)c4)cnc3OC(C)(C)[C@H]2O)cc1. The van der Waals surface area contributed by atoms with Gasteiger partial charge in [0, 0.05) is 24.8 Å². The van der Waals surface area contributed by atoms with Gasteiger partial charge in [0.25, 0.3) is 5.91 Å². The van der Waals surface area contributed by atoms with Crippen LogP contribution in [0.3, 0.4) is 0 Å². The molecule has 1 aromatic heterocycles. The lowest BCUT2D eigenvalue weighted by atomic mass is 9.88. The van der Waals surface area contributed by atoms with Gasteiger partial charge in [0.15, 0.2) is 0 Å². The Balaban J connectivity index is 1.67. The van der Waals surface area contributed by atoms with Crippen LogP contribution >= 0.6 is 0 Å². The molecular weight excluding hydrogens is 502 g/mol. The van der Waals surface area contributed by atoms with Crippen LogP contribution in [-0.2, 0) is 23.0 Å². The van der Waals surface area contributed by atoms with Gasteiger partial charge in [0.05, 0.1) is 16.5 Å². The van der Waals surface area contributed by atoms with E-state index in [2.05, 4.69) is 9.71 Å². The summed E-state index contributed by atoms with van der Waals surface area (Å²) in [7, 11) is -4.00. The number of aliphatic hydroxyl groups excluding tert-OH is 1. The van der Waals surface area contributed by atoms with Gasteiger partial charge < -0.3 is 14.7 Å². The van der Waals surface area contributed by atoms with Crippen molar-refractivity contribution in [2.24, 2.45) is 0 Å². The summed E-state index contributed by atoms with van der Waals surface area (Å²) in [5.74, 6) is -0.0759. The van der Waals surface area contributed by atoms with Gasteiger partial charge in [0.1, 0.15) is 11.7 Å². The molecule has 2 aromatic carbocycles. The van der Waals surface area contributed by atoms with E-state index in [9.17, 15) is 18.3 Å². The van der Waals surface area contributed by atoms with Gasteiger partial charge in [0.2, 0.25) is 15.9 Å². The van der Waals surface area contributed by atoms with Crippen LogP contribution in [0, 0.1) is 6.92 Å².